The third kappa shape index (κ3) is 2.56. The summed E-state index contributed by atoms with van der Waals surface area (Å²) in [5.41, 5.74) is 9.54. The summed E-state index contributed by atoms with van der Waals surface area (Å²) in [6.07, 6.45) is 3.79. The van der Waals surface area contributed by atoms with Crippen molar-refractivity contribution >= 4 is 11.6 Å². The largest absolute Gasteiger partial charge is 0.320 e. The van der Waals surface area contributed by atoms with Crippen LogP contribution in [0.5, 0.6) is 0 Å². The predicted octanol–water partition coefficient (Wildman–Crippen LogP) is 2.40. The first-order chi connectivity index (χ1) is 8.63. The van der Waals surface area contributed by atoms with Crippen LogP contribution in [0.1, 0.15) is 37.3 Å². The Kier molecular flexibility index (Phi) is 4.02. The number of amides is 1. The van der Waals surface area contributed by atoms with Gasteiger partial charge in [0.15, 0.2) is 0 Å². The average Bonchev–Trinajstić information content (AvgIpc) is 2.37. The number of fused-ring (bicyclic) bond motifs is 1. The number of nitrogens with two attached hydrogens (primary N) is 1. The first kappa shape index (κ1) is 13.1. The molecule has 2 rings (SSSR count). The standard InChI is InChI=1S/C15H22N2O/c1-3-5-13(16)15(18)17-9-4-6-12-10-11(2)7-8-14(12)17/h7-8,10,13H,3-6,9,16H2,1-2H3/t13-/m0/s1. The molecule has 0 spiro atoms. The highest BCUT2D eigenvalue weighted by molar-refractivity contribution is 5.98. The van der Waals surface area contributed by atoms with Crippen LogP contribution in [-0.2, 0) is 11.2 Å². The molecule has 0 aromatic heterocycles. The highest BCUT2D eigenvalue weighted by Crippen LogP contribution is 2.28. The second-order valence-corrected chi connectivity index (χ2v) is 5.12. The molecule has 0 unspecified atom stereocenters. The van der Waals surface area contributed by atoms with E-state index >= 15 is 0 Å². The van der Waals surface area contributed by atoms with Gasteiger partial charge in [-0.15, -0.1) is 0 Å². The van der Waals surface area contributed by atoms with Crippen LogP contribution in [0.3, 0.4) is 0 Å². The Morgan fingerprint density at radius 1 is 1.50 bits per heavy atom. The quantitative estimate of drug-likeness (QED) is 0.890. The fraction of sp³-hybridized carbons (Fsp3) is 0.533. The van der Waals surface area contributed by atoms with Crippen molar-refractivity contribution in [1.29, 1.82) is 0 Å². The molecule has 18 heavy (non-hydrogen) atoms. The fourth-order valence-corrected chi connectivity index (χ4v) is 2.59. The molecule has 3 nitrogen and oxygen atoms in total. The van der Waals surface area contributed by atoms with Crippen molar-refractivity contribution < 1.29 is 4.79 Å². The van der Waals surface area contributed by atoms with E-state index in [2.05, 4.69) is 32.0 Å². The zero-order chi connectivity index (χ0) is 13.1. The number of rotatable bonds is 3. The summed E-state index contributed by atoms with van der Waals surface area (Å²) in [5.74, 6) is 0.0710. The van der Waals surface area contributed by atoms with Crippen LogP contribution in [0.2, 0.25) is 0 Å². The molecular weight excluding hydrogens is 224 g/mol. The number of hydrogen-bond acceptors (Lipinski definition) is 2. The maximum atomic E-state index is 12.3. The van der Waals surface area contributed by atoms with E-state index in [4.69, 9.17) is 5.73 Å². The van der Waals surface area contributed by atoms with Crippen LogP contribution >= 0.6 is 0 Å². The summed E-state index contributed by atoms with van der Waals surface area (Å²) < 4.78 is 0. The van der Waals surface area contributed by atoms with Crippen molar-refractivity contribution in [3.63, 3.8) is 0 Å². The fourth-order valence-electron chi connectivity index (χ4n) is 2.59. The Bertz CT molecular complexity index is 442. The Labute approximate surface area is 109 Å². The lowest BCUT2D eigenvalue weighted by molar-refractivity contribution is -0.120. The Morgan fingerprint density at radius 3 is 3.00 bits per heavy atom. The summed E-state index contributed by atoms with van der Waals surface area (Å²) >= 11 is 0. The normalized spacial score (nSPS) is 16.3. The first-order valence-corrected chi connectivity index (χ1v) is 6.80. The SMILES string of the molecule is CCC[C@H](N)C(=O)N1CCCc2cc(C)ccc21. The van der Waals surface area contributed by atoms with Crippen LogP contribution in [0.15, 0.2) is 18.2 Å². The number of nitrogens with zero attached hydrogens (tertiary/aromatic N) is 1. The van der Waals surface area contributed by atoms with Gasteiger partial charge in [-0.1, -0.05) is 31.0 Å². The highest BCUT2D eigenvalue weighted by Gasteiger charge is 2.25. The molecule has 1 aromatic carbocycles. The Morgan fingerprint density at radius 2 is 2.28 bits per heavy atom. The van der Waals surface area contributed by atoms with Gasteiger partial charge < -0.3 is 10.6 Å². The van der Waals surface area contributed by atoms with Gasteiger partial charge in [0.05, 0.1) is 6.04 Å². The Balaban J connectivity index is 2.24. The van der Waals surface area contributed by atoms with Gasteiger partial charge in [-0.2, -0.15) is 0 Å². The summed E-state index contributed by atoms with van der Waals surface area (Å²) in [5, 5.41) is 0. The highest BCUT2D eigenvalue weighted by atomic mass is 16.2. The molecular formula is C15H22N2O. The molecule has 1 aliphatic heterocycles. The molecule has 0 aliphatic carbocycles. The summed E-state index contributed by atoms with van der Waals surface area (Å²) in [6, 6.07) is 5.94. The zero-order valence-electron chi connectivity index (χ0n) is 11.3. The lowest BCUT2D eigenvalue weighted by atomic mass is 9.98. The molecule has 1 aromatic rings. The minimum absolute atomic E-state index is 0.0710. The van der Waals surface area contributed by atoms with Gasteiger partial charge >= 0.3 is 0 Å². The molecule has 1 heterocycles. The van der Waals surface area contributed by atoms with Gasteiger partial charge in [0.2, 0.25) is 5.91 Å². The van der Waals surface area contributed by atoms with Crippen LogP contribution in [0.4, 0.5) is 5.69 Å². The van der Waals surface area contributed by atoms with Crippen molar-refractivity contribution in [3.8, 4) is 0 Å². The summed E-state index contributed by atoms with van der Waals surface area (Å²) in [4.78, 5) is 14.2. The molecule has 0 bridgehead atoms. The minimum atomic E-state index is -0.359. The van der Waals surface area contributed by atoms with Crippen LogP contribution in [0.25, 0.3) is 0 Å². The molecule has 3 heteroatoms. The average molecular weight is 246 g/mol. The third-order valence-corrected chi connectivity index (χ3v) is 3.54. The summed E-state index contributed by atoms with van der Waals surface area (Å²) in [6.45, 7) is 4.94. The van der Waals surface area contributed by atoms with Crippen molar-refractivity contribution in [3.05, 3.63) is 29.3 Å². The lowest BCUT2D eigenvalue weighted by Gasteiger charge is -2.31. The zero-order valence-corrected chi connectivity index (χ0v) is 11.3. The second-order valence-electron chi connectivity index (χ2n) is 5.12. The van der Waals surface area contributed by atoms with E-state index in [1.807, 2.05) is 4.90 Å². The third-order valence-electron chi connectivity index (χ3n) is 3.54. The van der Waals surface area contributed by atoms with E-state index in [0.717, 1.165) is 37.9 Å². The van der Waals surface area contributed by atoms with E-state index in [9.17, 15) is 4.79 Å². The smallest absolute Gasteiger partial charge is 0.243 e. The molecule has 2 N–H and O–H groups in total. The maximum absolute atomic E-state index is 12.3. The number of hydrogen-bond donors (Lipinski definition) is 1. The number of anilines is 1. The first-order valence-electron chi connectivity index (χ1n) is 6.80. The van der Waals surface area contributed by atoms with Crippen LogP contribution < -0.4 is 10.6 Å². The monoisotopic (exact) mass is 246 g/mol. The number of carbonyl (C=O) groups excluding carboxylic acids is 1. The van der Waals surface area contributed by atoms with Gasteiger partial charge in [0.1, 0.15) is 0 Å². The molecule has 0 saturated heterocycles. The molecule has 1 atom stereocenters. The molecule has 0 fully saturated rings. The van der Waals surface area contributed by atoms with Gasteiger partial charge in [0, 0.05) is 12.2 Å². The molecule has 1 aliphatic rings. The van der Waals surface area contributed by atoms with E-state index in [1.54, 1.807) is 0 Å². The lowest BCUT2D eigenvalue weighted by Crippen LogP contribution is -2.46. The van der Waals surface area contributed by atoms with E-state index in [1.165, 1.54) is 11.1 Å². The van der Waals surface area contributed by atoms with E-state index < -0.39 is 0 Å². The molecule has 0 saturated carbocycles. The molecule has 98 valence electrons. The van der Waals surface area contributed by atoms with Crippen molar-refractivity contribution in [1.82, 2.24) is 0 Å². The van der Waals surface area contributed by atoms with E-state index in [0.29, 0.717) is 0 Å². The van der Waals surface area contributed by atoms with Crippen molar-refractivity contribution in [2.24, 2.45) is 5.73 Å². The topological polar surface area (TPSA) is 46.3 Å². The van der Waals surface area contributed by atoms with Crippen molar-refractivity contribution in [2.45, 2.75) is 45.6 Å². The molecule has 1 amide bonds. The van der Waals surface area contributed by atoms with Gasteiger partial charge in [-0.05, 0) is 37.8 Å². The predicted molar refractivity (Wildman–Crippen MR) is 74.7 cm³/mol. The number of aryl methyl sites for hydroxylation is 2. The van der Waals surface area contributed by atoms with Crippen LogP contribution in [-0.4, -0.2) is 18.5 Å². The second kappa shape index (κ2) is 5.53. The van der Waals surface area contributed by atoms with Gasteiger partial charge in [-0.3, -0.25) is 4.79 Å². The van der Waals surface area contributed by atoms with Crippen molar-refractivity contribution in [2.75, 3.05) is 11.4 Å². The molecule has 0 radical (unpaired) electrons. The van der Waals surface area contributed by atoms with E-state index in [-0.39, 0.29) is 11.9 Å². The van der Waals surface area contributed by atoms with Gasteiger partial charge in [0.25, 0.3) is 0 Å². The minimum Gasteiger partial charge on any atom is -0.320 e. The number of benzene rings is 1. The number of carbonyl (C=O) groups is 1. The van der Waals surface area contributed by atoms with Crippen LogP contribution in [0, 0.1) is 6.92 Å². The van der Waals surface area contributed by atoms with Gasteiger partial charge in [-0.25, -0.2) is 0 Å². The summed E-state index contributed by atoms with van der Waals surface area (Å²) in [7, 11) is 0. The maximum Gasteiger partial charge on any atom is 0.243 e. The Hall–Kier alpha value is -1.35.